The van der Waals surface area contributed by atoms with Gasteiger partial charge >= 0.3 is 0 Å². The standard InChI is InChI=1S/C42H39N9O10S2/c1-48(21-37(54)49-18-24(19-49)22-61-29-6-7-30-31(16-29)41(58)51(40(30)57)33-8-9-35(52)46-39(33)56)34-15-26(10-12-43-34)25-4-3-5-27(14-25)32-23-62-42(45-32)47-36(53)17-44-38(55)28-11-13-50(20-28)63(2,59)60/h3-7,10-16,20,23-24,33H,8-9,17-19,21-22H2,1-2H3,(H,44,55)(H,45,47,53)(H,46,52,56). The van der Waals surface area contributed by atoms with Crippen LogP contribution in [0.25, 0.3) is 22.4 Å². The first-order valence-electron chi connectivity index (χ1n) is 19.6. The lowest BCUT2D eigenvalue weighted by atomic mass is 10.0. The summed E-state index contributed by atoms with van der Waals surface area (Å²) < 4.78 is 30.2. The number of anilines is 2. The zero-order valence-corrected chi connectivity index (χ0v) is 35.4. The average Bonchev–Trinajstić information content (AvgIpc) is 3.99. The van der Waals surface area contributed by atoms with Gasteiger partial charge in [-0.1, -0.05) is 18.2 Å². The van der Waals surface area contributed by atoms with Gasteiger partial charge in [0.2, 0.25) is 33.7 Å². The first-order chi connectivity index (χ1) is 30.1. The minimum Gasteiger partial charge on any atom is -0.493 e. The van der Waals surface area contributed by atoms with E-state index in [1.54, 1.807) is 34.5 Å². The maximum absolute atomic E-state index is 13.2. The molecule has 7 amide bonds. The van der Waals surface area contributed by atoms with E-state index in [2.05, 4.69) is 25.9 Å². The second kappa shape index (κ2) is 17.2. The predicted octanol–water partition coefficient (Wildman–Crippen LogP) is 2.22. The molecule has 2 aromatic carbocycles. The van der Waals surface area contributed by atoms with E-state index in [4.69, 9.17) is 4.74 Å². The molecule has 3 aliphatic rings. The summed E-state index contributed by atoms with van der Waals surface area (Å²) in [7, 11) is -1.76. The van der Waals surface area contributed by atoms with E-state index in [9.17, 15) is 42.0 Å². The van der Waals surface area contributed by atoms with Gasteiger partial charge in [-0.05, 0) is 60.0 Å². The summed E-state index contributed by atoms with van der Waals surface area (Å²) >= 11 is 1.22. The fourth-order valence-corrected chi connectivity index (χ4v) is 8.61. The van der Waals surface area contributed by atoms with Gasteiger partial charge in [0.05, 0.1) is 48.3 Å². The van der Waals surface area contributed by atoms with Gasteiger partial charge in [-0.15, -0.1) is 11.3 Å². The molecular weight excluding hydrogens is 855 g/mol. The van der Waals surface area contributed by atoms with Crippen molar-refractivity contribution < 1.29 is 46.7 Å². The summed E-state index contributed by atoms with van der Waals surface area (Å²) in [5, 5.41) is 9.44. The number of amides is 7. The number of benzene rings is 2. The van der Waals surface area contributed by atoms with Crippen LogP contribution in [0.3, 0.4) is 0 Å². The Labute approximate surface area is 364 Å². The number of pyridine rings is 1. The van der Waals surface area contributed by atoms with E-state index >= 15 is 0 Å². The Kier molecular flexibility index (Phi) is 11.6. The first-order valence-corrected chi connectivity index (χ1v) is 22.3. The molecule has 0 spiro atoms. The molecule has 1 atom stereocenters. The van der Waals surface area contributed by atoms with E-state index in [0.29, 0.717) is 35.5 Å². The van der Waals surface area contributed by atoms with Gasteiger partial charge < -0.3 is 25.2 Å². The number of carbonyl (C=O) groups excluding carboxylic acids is 7. The lowest BCUT2D eigenvalue weighted by Crippen LogP contribution is -2.54. The average molecular weight is 894 g/mol. The van der Waals surface area contributed by atoms with Crippen molar-refractivity contribution in [2.75, 3.05) is 56.3 Å². The van der Waals surface area contributed by atoms with Crippen LogP contribution in [0.1, 0.15) is 43.9 Å². The fourth-order valence-electron chi connectivity index (χ4n) is 7.29. The van der Waals surface area contributed by atoms with Crippen LogP contribution >= 0.6 is 11.3 Å². The second-order valence-electron chi connectivity index (χ2n) is 15.2. The number of piperidine rings is 1. The van der Waals surface area contributed by atoms with Crippen LogP contribution in [0.15, 0.2) is 84.6 Å². The number of nitrogens with one attached hydrogen (secondary N) is 3. The predicted molar refractivity (Wildman–Crippen MR) is 228 cm³/mol. The summed E-state index contributed by atoms with van der Waals surface area (Å²) in [5.74, 6) is -2.51. The highest BCUT2D eigenvalue weighted by atomic mass is 32.2. The number of hydrogen-bond acceptors (Lipinski definition) is 14. The molecule has 324 valence electrons. The van der Waals surface area contributed by atoms with Gasteiger partial charge in [-0.3, -0.25) is 47.8 Å². The van der Waals surface area contributed by atoms with E-state index in [1.165, 1.54) is 41.9 Å². The lowest BCUT2D eigenvalue weighted by molar-refractivity contribution is -0.137. The number of nitrogens with zero attached hydrogens (tertiary/aromatic N) is 6. The fraction of sp³-hybridized carbons (Fsp3) is 0.262. The molecule has 21 heteroatoms. The largest absolute Gasteiger partial charge is 0.493 e. The number of ether oxygens (including phenoxy) is 1. The monoisotopic (exact) mass is 893 g/mol. The highest BCUT2D eigenvalue weighted by Gasteiger charge is 2.45. The van der Waals surface area contributed by atoms with Gasteiger partial charge in [0.25, 0.3) is 17.7 Å². The Morgan fingerprint density at radius 3 is 2.49 bits per heavy atom. The van der Waals surface area contributed by atoms with E-state index < -0.39 is 51.5 Å². The normalized spacial score (nSPS) is 16.3. The van der Waals surface area contributed by atoms with Crippen LogP contribution in [0.4, 0.5) is 10.9 Å². The van der Waals surface area contributed by atoms with Gasteiger partial charge in [0, 0.05) is 62.0 Å². The van der Waals surface area contributed by atoms with Crippen LogP contribution in [0, 0.1) is 5.92 Å². The number of rotatable bonds is 14. The molecular formula is C42H39N9O10S2. The SMILES string of the molecule is CN(CC(=O)N1CC(COc2ccc3c(c2)C(=O)N(C2CCC(=O)NC2=O)C3=O)C1)c1cc(-c2cccc(-c3csc(NC(=O)CNC(=O)c4ccn(S(C)(=O)=O)c4)n3)c2)ccn1. The Bertz CT molecular complexity index is 2820. The molecule has 19 nitrogen and oxygen atoms in total. The molecule has 3 N–H and O–H groups in total. The van der Waals surface area contributed by atoms with Crippen LogP contribution in [-0.2, 0) is 29.2 Å². The third-order valence-electron chi connectivity index (χ3n) is 10.7. The highest BCUT2D eigenvalue weighted by Crippen LogP contribution is 2.32. The molecule has 2 saturated heterocycles. The number of aromatic nitrogens is 3. The molecule has 0 aliphatic carbocycles. The van der Waals surface area contributed by atoms with Gasteiger partial charge in [0.1, 0.15) is 17.6 Å². The molecule has 6 heterocycles. The summed E-state index contributed by atoms with van der Waals surface area (Å²) in [5.41, 5.74) is 3.53. The smallest absolute Gasteiger partial charge is 0.262 e. The molecule has 0 saturated carbocycles. The second-order valence-corrected chi connectivity index (χ2v) is 18.0. The van der Waals surface area contributed by atoms with Crippen molar-refractivity contribution in [1.82, 2.24) is 34.4 Å². The minimum absolute atomic E-state index is 0.0325. The topological polar surface area (TPSA) is 239 Å². The number of imide groups is 2. The Hall–Kier alpha value is -7.26. The van der Waals surface area contributed by atoms with Crippen molar-refractivity contribution in [2.45, 2.75) is 18.9 Å². The van der Waals surface area contributed by atoms with Gasteiger partial charge in [-0.2, -0.15) is 0 Å². The number of thiazole rings is 1. The molecule has 2 fully saturated rings. The van der Waals surface area contributed by atoms with Crippen molar-refractivity contribution in [1.29, 1.82) is 0 Å². The van der Waals surface area contributed by atoms with Crippen molar-refractivity contribution in [3.63, 3.8) is 0 Å². The van der Waals surface area contributed by atoms with Crippen molar-refractivity contribution >= 4 is 73.7 Å². The summed E-state index contributed by atoms with van der Waals surface area (Å²) in [6, 6.07) is 16.3. The van der Waals surface area contributed by atoms with Crippen LogP contribution in [-0.4, -0.2) is 126 Å². The molecule has 8 rings (SSSR count). The number of fused-ring (bicyclic) bond motifs is 1. The van der Waals surface area contributed by atoms with E-state index in [-0.39, 0.29) is 61.1 Å². The number of likely N-dealkylation sites (N-methyl/N-ethyl adjacent to an activating group) is 1. The zero-order valence-electron chi connectivity index (χ0n) is 33.8. The molecule has 5 aromatic rings. The molecule has 63 heavy (non-hydrogen) atoms. The van der Waals surface area contributed by atoms with E-state index in [0.717, 1.165) is 31.8 Å². The number of hydrogen-bond donors (Lipinski definition) is 3. The van der Waals surface area contributed by atoms with Gasteiger partial charge in [-0.25, -0.2) is 18.4 Å². The molecule has 3 aliphatic heterocycles. The Morgan fingerprint density at radius 1 is 0.968 bits per heavy atom. The quantitative estimate of drug-likeness (QED) is 0.136. The molecule has 0 radical (unpaired) electrons. The van der Waals surface area contributed by atoms with Crippen LogP contribution in [0.5, 0.6) is 5.75 Å². The zero-order chi connectivity index (χ0) is 44.6. The lowest BCUT2D eigenvalue weighted by Gasteiger charge is -2.39. The molecule has 1 unspecified atom stereocenters. The van der Waals surface area contributed by atoms with Gasteiger partial charge in [0.15, 0.2) is 5.13 Å². The molecule has 0 bridgehead atoms. The Morgan fingerprint density at radius 2 is 1.73 bits per heavy atom. The van der Waals surface area contributed by atoms with Crippen molar-refractivity contribution in [3.8, 4) is 28.1 Å². The van der Waals surface area contributed by atoms with Crippen LogP contribution in [0.2, 0.25) is 0 Å². The minimum atomic E-state index is -3.55. The Balaban J connectivity index is 0.802. The summed E-state index contributed by atoms with van der Waals surface area (Å²) in [6.07, 6.45) is 5.19. The maximum Gasteiger partial charge on any atom is 0.262 e. The summed E-state index contributed by atoms with van der Waals surface area (Å²) in [6.45, 7) is 0.964. The van der Waals surface area contributed by atoms with Crippen molar-refractivity contribution in [2.24, 2.45) is 5.92 Å². The van der Waals surface area contributed by atoms with Crippen molar-refractivity contribution in [3.05, 3.63) is 101 Å². The van der Waals surface area contributed by atoms with E-state index in [1.807, 2.05) is 36.4 Å². The van der Waals surface area contributed by atoms with Crippen LogP contribution < -0.4 is 25.6 Å². The summed E-state index contributed by atoms with van der Waals surface area (Å²) in [4.78, 5) is 102. The third-order valence-corrected chi connectivity index (χ3v) is 12.4. The first kappa shape index (κ1) is 42.4. The highest BCUT2D eigenvalue weighted by molar-refractivity contribution is 7.89. The number of likely N-dealkylation sites (tertiary alicyclic amines) is 1. The third kappa shape index (κ3) is 9.19. The molecule has 3 aromatic heterocycles. The number of carbonyl (C=O) groups is 7. The maximum atomic E-state index is 13.2.